The van der Waals surface area contributed by atoms with Crippen LogP contribution < -0.4 is 4.90 Å². The van der Waals surface area contributed by atoms with E-state index < -0.39 is 5.97 Å². The van der Waals surface area contributed by atoms with Gasteiger partial charge in [-0.2, -0.15) is 0 Å². The minimum absolute atomic E-state index is 0.0772. The van der Waals surface area contributed by atoms with Crippen molar-refractivity contribution < 1.29 is 14.6 Å². The van der Waals surface area contributed by atoms with Crippen LogP contribution in [-0.4, -0.2) is 41.2 Å². The normalized spacial score (nSPS) is 15.3. The van der Waals surface area contributed by atoms with Gasteiger partial charge in [0.25, 0.3) is 0 Å². The van der Waals surface area contributed by atoms with Gasteiger partial charge in [-0.25, -0.2) is 9.97 Å². The maximum Gasteiger partial charge on any atom is 0.303 e. The average molecular weight is 446 g/mol. The molecule has 4 rings (SSSR count). The van der Waals surface area contributed by atoms with E-state index in [1.54, 1.807) is 7.11 Å². The van der Waals surface area contributed by atoms with Crippen LogP contribution in [0.15, 0.2) is 60.7 Å². The number of methoxy groups -OCH3 is 1. The lowest BCUT2D eigenvalue weighted by molar-refractivity contribution is -0.137. The van der Waals surface area contributed by atoms with Crippen molar-refractivity contribution >= 4 is 11.8 Å². The number of carbonyl (C=O) groups is 1. The molecule has 0 amide bonds. The summed E-state index contributed by atoms with van der Waals surface area (Å²) in [6.07, 6.45) is 4.71. The molecule has 6 nitrogen and oxygen atoms in total. The Hall–Kier alpha value is -3.25. The molecule has 0 saturated carbocycles. The molecule has 1 N–H and O–H groups in total. The van der Waals surface area contributed by atoms with Crippen LogP contribution in [0.5, 0.6) is 0 Å². The number of nitrogens with zero attached hydrogens (tertiary/aromatic N) is 3. The first-order valence-corrected chi connectivity index (χ1v) is 11.7. The Balaban J connectivity index is 1.65. The zero-order valence-electron chi connectivity index (χ0n) is 19.1. The molecule has 1 aliphatic heterocycles. The summed E-state index contributed by atoms with van der Waals surface area (Å²) in [4.78, 5) is 23.4. The molecule has 0 aliphatic carbocycles. The largest absolute Gasteiger partial charge is 0.481 e. The lowest BCUT2D eigenvalue weighted by Gasteiger charge is -2.34. The zero-order chi connectivity index (χ0) is 23.0. The Morgan fingerprint density at radius 3 is 2.15 bits per heavy atom. The molecule has 1 aromatic heterocycles. The second kappa shape index (κ2) is 11.1. The average Bonchev–Trinajstić information content (AvgIpc) is 2.86. The monoisotopic (exact) mass is 445 g/mol. The third-order valence-corrected chi connectivity index (χ3v) is 6.12. The molecule has 2 heterocycles. The van der Waals surface area contributed by atoms with E-state index in [2.05, 4.69) is 29.2 Å². The molecule has 0 radical (unpaired) electrons. The number of aliphatic carboxylic acids is 1. The highest BCUT2D eigenvalue weighted by Crippen LogP contribution is 2.38. The maximum atomic E-state index is 10.7. The molecule has 6 heteroatoms. The summed E-state index contributed by atoms with van der Waals surface area (Å²) < 4.78 is 5.80. The number of hydrogen-bond acceptors (Lipinski definition) is 5. The second-order valence-electron chi connectivity index (χ2n) is 8.42. The van der Waals surface area contributed by atoms with E-state index in [-0.39, 0.29) is 12.5 Å². The van der Waals surface area contributed by atoms with Crippen molar-refractivity contribution in [2.24, 2.45) is 0 Å². The Morgan fingerprint density at radius 2 is 1.55 bits per heavy atom. The first kappa shape index (κ1) is 22.9. The lowest BCUT2D eigenvalue weighted by atomic mass is 10.0. The minimum Gasteiger partial charge on any atom is -0.481 e. The predicted octanol–water partition coefficient (Wildman–Crippen LogP) is 5.74. The van der Waals surface area contributed by atoms with Crippen molar-refractivity contribution in [1.82, 2.24) is 9.97 Å². The third kappa shape index (κ3) is 5.57. The first-order valence-electron chi connectivity index (χ1n) is 11.7. The van der Waals surface area contributed by atoms with E-state index in [9.17, 15) is 4.79 Å². The Morgan fingerprint density at radius 1 is 0.939 bits per heavy atom. The van der Waals surface area contributed by atoms with Crippen LogP contribution in [0.2, 0.25) is 0 Å². The van der Waals surface area contributed by atoms with E-state index in [0.29, 0.717) is 0 Å². The SMILES string of the molecule is COC1CCN(CCCCCCC(=O)O)c2nc(-c3ccccc3)c(-c3ccccc3)nc21. The molecule has 1 unspecified atom stereocenters. The molecule has 0 fully saturated rings. The number of hydrogen-bond donors (Lipinski definition) is 1. The van der Waals surface area contributed by atoms with Gasteiger partial charge in [0.1, 0.15) is 11.8 Å². The van der Waals surface area contributed by atoms with Crippen LogP contribution in [0, 0.1) is 0 Å². The highest BCUT2D eigenvalue weighted by Gasteiger charge is 2.30. The van der Waals surface area contributed by atoms with Gasteiger partial charge in [-0.3, -0.25) is 4.79 Å². The number of aromatic nitrogens is 2. The van der Waals surface area contributed by atoms with Crippen molar-refractivity contribution in [3.8, 4) is 22.5 Å². The summed E-state index contributed by atoms with van der Waals surface area (Å²) in [6.45, 7) is 1.75. The van der Waals surface area contributed by atoms with Gasteiger partial charge in [0, 0.05) is 37.7 Å². The zero-order valence-corrected chi connectivity index (χ0v) is 19.1. The van der Waals surface area contributed by atoms with E-state index >= 15 is 0 Å². The van der Waals surface area contributed by atoms with Crippen molar-refractivity contribution in [3.05, 3.63) is 66.4 Å². The van der Waals surface area contributed by atoms with Crippen molar-refractivity contribution in [2.75, 3.05) is 25.1 Å². The Kier molecular flexibility index (Phi) is 7.68. The topological polar surface area (TPSA) is 75.5 Å². The quantitative estimate of drug-likeness (QED) is 0.401. The van der Waals surface area contributed by atoms with Gasteiger partial charge in [0.05, 0.1) is 11.4 Å². The van der Waals surface area contributed by atoms with Gasteiger partial charge in [-0.15, -0.1) is 0 Å². The number of unbranched alkanes of at least 4 members (excludes halogenated alkanes) is 3. The number of fused-ring (bicyclic) bond motifs is 1. The second-order valence-corrected chi connectivity index (χ2v) is 8.42. The number of benzene rings is 2. The number of carboxylic acid groups (broad SMARTS) is 1. The summed E-state index contributed by atoms with van der Waals surface area (Å²) >= 11 is 0. The van der Waals surface area contributed by atoms with Crippen LogP contribution in [0.3, 0.4) is 0 Å². The fourth-order valence-corrected chi connectivity index (χ4v) is 4.38. The first-order chi connectivity index (χ1) is 16.2. The molecule has 33 heavy (non-hydrogen) atoms. The molecule has 2 aromatic carbocycles. The summed E-state index contributed by atoms with van der Waals surface area (Å²) in [7, 11) is 1.74. The molecule has 0 bridgehead atoms. The summed E-state index contributed by atoms with van der Waals surface area (Å²) in [5.41, 5.74) is 4.73. The van der Waals surface area contributed by atoms with Gasteiger partial charge in [-0.05, 0) is 19.3 Å². The molecular formula is C27H31N3O3. The smallest absolute Gasteiger partial charge is 0.303 e. The van der Waals surface area contributed by atoms with Gasteiger partial charge in [0.2, 0.25) is 0 Å². The number of carboxylic acids is 1. The van der Waals surface area contributed by atoms with Gasteiger partial charge >= 0.3 is 5.97 Å². The molecule has 1 aliphatic rings. The van der Waals surface area contributed by atoms with Gasteiger partial charge in [0.15, 0.2) is 5.82 Å². The molecular weight excluding hydrogens is 414 g/mol. The lowest BCUT2D eigenvalue weighted by Crippen LogP contribution is -2.34. The molecule has 0 saturated heterocycles. The Bertz CT molecular complexity index is 1060. The van der Waals surface area contributed by atoms with Gasteiger partial charge < -0.3 is 14.7 Å². The Labute approximate surface area is 195 Å². The van der Waals surface area contributed by atoms with E-state index in [1.165, 1.54) is 0 Å². The van der Waals surface area contributed by atoms with Crippen LogP contribution in [0.1, 0.15) is 50.3 Å². The third-order valence-electron chi connectivity index (χ3n) is 6.12. The van der Waals surface area contributed by atoms with Crippen molar-refractivity contribution in [2.45, 2.75) is 44.6 Å². The van der Waals surface area contributed by atoms with Crippen LogP contribution in [-0.2, 0) is 9.53 Å². The molecule has 0 spiro atoms. The number of anilines is 1. The summed E-state index contributed by atoms with van der Waals surface area (Å²) in [5, 5.41) is 8.82. The number of rotatable bonds is 10. The highest BCUT2D eigenvalue weighted by atomic mass is 16.5. The van der Waals surface area contributed by atoms with E-state index in [4.69, 9.17) is 19.8 Å². The molecule has 172 valence electrons. The van der Waals surface area contributed by atoms with Gasteiger partial charge in [-0.1, -0.05) is 73.5 Å². The van der Waals surface area contributed by atoms with Crippen molar-refractivity contribution in [3.63, 3.8) is 0 Å². The maximum absolute atomic E-state index is 10.7. The van der Waals surface area contributed by atoms with E-state index in [1.807, 2.05) is 36.4 Å². The highest BCUT2D eigenvalue weighted by molar-refractivity contribution is 5.79. The summed E-state index contributed by atoms with van der Waals surface area (Å²) in [6, 6.07) is 20.4. The fraction of sp³-hybridized carbons (Fsp3) is 0.370. The molecule has 3 aromatic rings. The van der Waals surface area contributed by atoms with Crippen LogP contribution in [0.4, 0.5) is 5.82 Å². The predicted molar refractivity (Wildman–Crippen MR) is 130 cm³/mol. The van der Waals surface area contributed by atoms with Crippen molar-refractivity contribution in [1.29, 1.82) is 0 Å². The van der Waals surface area contributed by atoms with E-state index in [0.717, 1.165) is 79.2 Å². The molecule has 1 atom stereocenters. The number of ether oxygens (including phenoxy) is 1. The minimum atomic E-state index is -0.719. The van der Waals surface area contributed by atoms with Crippen LogP contribution >= 0.6 is 0 Å². The fourth-order valence-electron chi connectivity index (χ4n) is 4.38. The summed E-state index contributed by atoms with van der Waals surface area (Å²) in [5.74, 6) is 0.181. The standard InChI is InChI=1S/C27H31N3O3/c1-33-22-17-19-30(18-11-3-2-10-16-23(31)32)27-26(22)28-24(20-12-6-4-7-13-20)25(29-27)21-14-8-5-9-15-21/h4-9,12-15,22H,2-3,10-11,16-19H2,1H3,(H,31,32). The van der Waals surface area contributed by atoms with Crippen LogP contribution in [0.25, 0.3) is 22.5 Å².